The molecule has 0 atom stereocenters. The van der Waals surface area contributed by atoms with Crippen molar-refractivity contribution in [2.75, 3.05) is 12.4 Å². The molecule has 0 saturated heterocycles. The molecule has 2 heteroatoms. The van der Waals surface area contributed by atoms with Crippen LogP contribution in [0.15, 0.2) is 6.07 Å². The Morgan fingerprint density at radius 1 is 1.36 bits per heavy atom. The van der Waals surface area contributed by atoms with E-state index < -0.39 is 0 Å². The lowest BCUT2D eigenvalue weighted by atomic mass is 10.2. The predicted molar refractivity (Wildman–Crippen MR) is 52.6 cm³/mol. The van der Waals surface area contributed by atoms with Gasteiger partial charge in [-0.15, -0.1) is 11.3 Å². The summed E-state index contributed by atoms with van der Waals surface area (Å²) in [5.41, 5.74) is 1.45. The number of thiophene rings is 1. The van der Waals surface area contributed by atoms with E-state index in [1.165, 1.54) is 15.4 Å². The van der Waals surface area contributed by atoms with E-state index in [9.17, 15) is 0 Å². The SMILES string of the molecule is CCc1cc(CC)c(NC)s1. The maximum atomic E-state index is 3.22. The monoisotopic (exact) mass is 169 g/mol. The highest BCUT2D eigenvalue weighted by atomic mass is 32.1. The first kappa shape index (κ1) is 8.60. The summed E-state index contributed by atoms with van der Waals surface area (Å²) in [4.78, 5) is 1.48. The first-order chi connectivity index (χ1) is 5.31. The molecular weight excluding hydrogens is 154 g/mol. The van der Waals surface area contributed by atoms with Crippen molar-refractivity contribution >= 4 is 16.3 Å². The molecule has 1 nitrogen and oxygen atoms in total. The van der Waals surface area contributed by atoms with E-state index in [-0.39, 0.29) is 0 Å². The van der Waals surface area contributed by atoms with Gasteiger partial charge in [-0.1, -0.05) is 13.8 Å². The van der Waals surface area contributed by atoms with E-state index in [1.807, 2.05) is 18.4 Å². The lowest BCUT2D eigenvalue weighted by Crippen LogP contribution is -1.87. The molecule has 1 rings (SSSR count). The summed E-state index contributed by atoms with van der Waals surface area (Å²) in [6.07, 6.45) is 2.28. The minimum atomic E-state index is 1.13. The van der Waals surface area contributed by atoms with Crippen LogP contribution in [-0.4, -0.2) is 7.05 Å². The summed E-state index contributed by atoms with van der Waals surface area (Å²) in [5, 5.41) is 4.56. The van der Waals surface area contributed by atoms with E-state index in [0.717, 1.165) is 12.8 Å². The Hall–Kier alpha value is -0.500. The van der Waals surface area contributed by atoms with Crippen molar-refractivity contribution in [1.29, 1.82) is 0 Å². The second-order valence-corrected chi connectivity index (χ2v) is 3.66. The molecule has 0 unspecified atom stereocenters. The number of hydrogen-bond acceptors (Lipinski definition) is 2. The molecule has 0 aliphatic carbocycles. The Morgan fingerprint density at radius 2 is 2.09 bits per heavy atom. The van der Waals surface area contributed by atoms with Gasteiger partial charge in [-0.3, -0.25) is 0 Å². The molecule has 0 aliphatic heterocycles. The lowest BCUT2D eigenvalue weighted by molar-refractivity contribution is 1.13. The topological polar surface area (TPSA) is 12.0 Å². The maximum absolute atomic E-state index is 3.22. The van der Waals surface area contributed by atoms with Gasteiger partial charge in [-0.05, 0) is 24.5 Å². The zero-order valence-corrected chi connectivity index (χ0v) is 8.22. The third kappa shape index (κ3) is 1.74. The van der Waals surface area contributed by atoms with Crippen LogP contribution in [0.1, 0.15) is 24.3 Å². The molecular formula is C9H15NS. The van der Waals surface area contributed by atoms with Crippen LogP contribution in [0.5, 0.6) is 0 Å². The van der Waals surface area contributed by atoms with Crippen LogP contribution >= 0.6 is 11.3 Å². The van der Waals surface area contributed by atoms with Crippen molar-refractivity contribution in [1.82, 2.24) is 0 Å². The van der Waals surface area contributed by atoms with Crippen LogP contribution in [0, 0.1) is 0 Å². The van der Waals surface area contributed by atoms with Crippen LogP contribution in [-0.2, 0) is 12.8 Å². The zero-order valence-electron chi connectivity index (χ0n) is 7.40. The fraction of sp³-hybridized carbons (Fsp3) is 0.556. The summed E-state index contributed by atoms with van der Waals surface area (Å²) in [6, 6.07) is 2.30. The van der Waals surface area contributed by atoms with Crippen LogP contribution < -0.4 is 5.32 Å². The fourth-order valence-electron chi connectivity index (χ4n) is 1.13. The van der Waals surface area contributed by atoms with Gasteiger partial charge < -0.3 is 5.32 Å². The molecule has 1 aromatic rings. The van der Waals surface area contributed by atoms with E-state index >= 15 is 0 Å². The van der Waals surface area contributed by atoms with Crippen molar-refractivity contribution in [2.45, 2.75) is 26.7 Å². The summed E-state index contributed by atoms with van der Waals surface area (Å²) in [7, 11) is 1.99. The van der Waals surface area contributed by atoms with Gasteiger partial charge in [0.05, 0.1) is 5.00 Å². The molecule has 0 fully saturated rings. The summed E-state index contributed by atoms with van der Waals surface area (Å²) < 4.78 is 0. The molecule has 1 heterocycles. The molecule has 0 aliphatic rings. The van der Waals surface area contributed by atoms with Gasteiger partial charge in [0.25, 0.3) is 0 Å². The predicted octanol–water partition coefficient (Wildman–Crippen LogP) is 2.91. The number of nitrogens with one attached hydrogen (secondary N) is 1. The van der Waals surface area contributed by atoms with Crippen LogP contribution in [0.4, 0.5) is 5.00 Å². The highest BCUT2D eigenvalue weighted by Gasteiger charge is 2.03. The number of rotatable bonds is 3. The smallest absolute Gasteiger partial charge is 0.0915 e. The van der Waals surface area contributed by atoms with E-state index in [4.69, 9.17) is 0 Å². The largest absolute Gasteiger partial charge is 0.380 e. The zero-order chi connectivity index (χ0) is 8.27. The summed E-state index contributed by atoms with van der Waals surface area (Å²) >= 11 is 1.87. The fourth-order valence-corrected chi connectivity index (χ4v) is 2.18. The third-order valence-corrected chi connectivity index (χ3v) is 3.16. The van der Waals surface area contributed by atoms with Gasteiger partial charge in [0.2, 0.25) is 0 Å². The van der Waals surface area contributed by atoms with Crippen molar-refractivity contribution in [3.63, 3.8) is 0 Å². The van der Waals surface area contributed by atoms with Gasteiger partial charge in [0.1, 0.15) is 0 Å². The standard InChI is InChI=1S/C9H15NS/c1-4-7-6-8(5-2)11-9(7)10-3/h6,10H,4-5H2,1-3H3. The molecule has 62 valence electrons. The number of hydrogen-bond donors (Lipinski definition) is 1. The van der Waals surface area contributed by atoms with Gasteiger partial charge >= 0.3 is 0 Å². The van der Waals surface area contributed by atoms with Crippen molar-refractivity contribution in [2.24, 2.45) is 0 Å². The Bertz CT molecular complexity index is 206. The summed E-state index contributed by atoms with van der Waals surface area (Å²) in [6.45, 7) is 4.40. The van der Waals surface area contributed by atoms with E-state index in [2.05, 4.69) is 25.2 Å². The molecule has 0 spiro atoms. The molecule has 0 saturated carbocycles. The highest BCUT2D eigenvalue weighted by Crippen LogP contribution is 2.28. The highest BCUT2D eigenvalue weighted by molar-refractivity contribution is 7.16. The lowest BCUT2D eigenvalue weighted by Gasteiger charge is -1.96. The van der Waals surface area contributed by atoms with Crippen LogP contribution in [0.2, 0.25) is 0 Å². The molecule has 11 heavy (non-hydrogen) atoms. The van der Waals surface area contributed by atoms with Crippen LogP contribution in [0.25, 0.3) is 0 Å². The average molecular weight is 169 g/mol. The van der Waals surface area contributed by atoms with Crippen LogP contribution in [0.3, 0.4) is 0 Å². The number of anilines is 1. The Kier molecular flexibility index (Phi) is 2.94. The van der Waals surface area contributed by atoms with Crippen molar-refractivity contribution in [3.8, 4) is 0 Å². The van der Waals surface area contributed by atoms with Gasteiger partial charge in [0.15, 0.2) is 0 Å². The third-order valence-electron chi connectivity index (χ3n) is 1.82. The molecule has 1 aromatic heterocycles. The van der Waals surface area contributed by atoms with E-state index in [0.29, 0.717) is 0 Å². The summed E-state index contributed by atoms with van der Waals surface area (Å²) in [5.74, 6) is 0. The normalized spacial score (nSPS) is 10.1. The van der Waals surface area contributed by atoms with Gasteiger partial charge in [-0.25, -0.2) is 0 Å². The maximum Gasteiger partial charge on any atom is 0.0915 e. The minimum absolute atomic E-state index is 1.13. The van der Waals surface area contributed by atoms with E-state index in [1.54, 1.807) is 0 Å². The Balaban J connectivity index is 2.92. The number of aryl methyl sites for hydroxylation is 2. The second kappa shape index (κ2) is 3.77. The average Bonchev–Trinajstić information content (AvgIpc) is 2.46. The molecule has 1 N–H and O–H groups in total. The minimum Gasteiger partial charge on any atom is -0.380 e. The Labute approximate surface area is 72.4 Å². The van der Waals surface area contributed by atoms with Crippen molar-refractivity contribution < 1.29 is 0 Å². The molecule has 0 aromatic carbocycles. The van der Waals surface area contributed by atoms with Gasteiger partial charge in [0, 0.05) is 11.9 Å². The quantitative estimate of drug-likeness (QED) is 0.733. The van der Waals surface area contributed by atoms with Crippen molar-refractivity contribution in [3.05, 3.63) is 16.5 Å². The molecule has 0 bridgehead atoms. The molecule has 0 radical (unpaired) electrons. The molecule has 0 amide bonds. The second-order valence-electron chi connectivity index (χ2n) is 2.52. The Morgan fingerprint density at radius 3 is 2.45 bits per heavy atom. The van der Waals surface area contributed by atoms with Gasteiger partial charge in [-0.2, -0.15) is 0 Å². The first-order valence-electron chi connectivity index (χ1n) is 4.11. The first-order valence-corrected chi connectivity index (χ1v) is 4.92.